The number of hydrogen-bond acceptors (Lipinski definition) is 6. The van der Waals surface area contributed by atoms with Crippen molar-refractivity contribution in [2.24, 2.45) is 7.05 Å². The van der Waals surface area contributed by atoms with Gasteiger partial charge in [-0.25, -0.2) is 4.79 Å². The fraction of sp³-hybridized carbons (Fsp3) is 0.375. The number of nitrogens with one attached hydrogen (secondary N) is 1. The average Bonchev–Trinajstić information content (AvgIpc) is 3.00. The highest BCUT2D eigenvalue weighted by atomic mass is 32.1. The SMILES string of the molecule is CCOC(=O)c1c(NC(=O)c2cc(C)n(C)n2)sc(C(C)=O)c1C. The fourth-order valence-electron chi connectivity index (χ4n) is 2.23. The molecular formula is C16H19N3O4S. The number of amides is 1. The van der Waals surface area contributed by atoms with Gasteiger partial charge < -0.3 is 10.1 Å². The number of carbonyl (C=O) groups excluding carboxylic acids is 3. The van der Waals surface area contributed by atoms with E-state index in [0.717, 1.165) is 17.0 Å². The van der Waals surface area contributed by atoms with Gasteiger partial charge >= 0.3 is 5.97 Å². The molecule has 1 amide bonds. The van der Waals surface area contributed by atoms with Gasteiger partial charge in [-0.2, -0.15) is 5.10 Å². The van der Waals surface area contributed by atoms with E-state index in [2.05, 4.69) is 10.4 Å². The molecule has 128 valence electrons. The summed E-state index contributed by atoms with van der Waals surface area (Å²) in [5.74, 6) is -1.18. The molecule has 0 radical (unpaired) electrons. The van der Waals surface area contributed by atoms with Crippen LogP contribution in [0.3, 0.4) is 0 Å². The molecule has 24 heavy (non-hydrogen) atoms. The second-order valence-corrected chi connectivity index (χ2v) is 6.31. The van der Waals surface area contributed by atoms with Gasteiger partial charge in [0.15, 0.2) is 11.5 Å². The first-order chi connectivity index (χ1) is 11.3. The largest absolute Gasteiger partial charge is 0.462 e. The molecule has 2 aromatic heterocycles. The Morgan fingerprint density at radius 1 is 1.33 bits per heavy atom. The van der Waals surface area contributed by atoms with E-state index in [1.807, 2.05) is 6.92 Å². The van der Waals surface area contributed by atoms with Crippen molar-refractivity contribution in [2.75, 3.05) is 11.9 Å². The number of thiophene rings is 1. The molecule has 0 aliphatic carbocycles. The van der Waals surface area contributed by atoms with Crippen LogP contribution in [0.4, 0.5) is 5.00 Å². The van der Waals surface area contributed by atoms with Crippen LogP contribution in [0.2, 0.25) is 0 Å². The van der Waals surface area contributed by atoms with E-state index in [0.29, 0.717) is 15.4 Å². The van der Waals surface area contributed by atoms with E-state index >= 15 is 0 Å². The molecule has 0 unspecified atom stereocenters. The Morgan fingerprint density at radius 2 is 2.00 bits per heavy atom. The minimum Gasteiger partial charge on any atom is -0.462 e. The van der Waals surface area contributed by atoms with Crippen LogP contribution in [0.25, 0.3) is 0 Å². The van der Waals surface area contributed by atoms with Crippen LogP contribution >= 0.6 is 11.3 Å². The monoisotopic (exact) mass is 349 g/mol. The Labute approximate surface area is 143 Å². The smallest absolute Gasteiger partial charge is 0.341 e. The first kappa shape index (κ1) is 17.9. The Kier molecular flexibility index (Phi) is 5.18. The van der Waals surface area contributed by atoms with Crippen LogP contribution in [0.15, 0.2) is 6.07 Å². The van der Waals surface area contributed by atoms with Gasteiger partial charge in [0, 0.05) is 12.7 Å². The number of ketones is 1. The van der Waals surface area contributed by atoms with Crippen molar-refractivity contribution in [3.05, 3.63) is 33.5 Å². The second-order valence-electron chi connectivity index (χ2n) is 5.29. The molecule has 0 saturated carbocycles. The molecule has 0 aliphatic rings. The van der Waals surface area contributed by atoms with Gasteiger partial charge in [-0.3, -0.25) is 14.3 Å². The maximum atomic E-state index is 12.4. The highest BCUT2D eigenvalue weighted by Gasteiger charge is 2.26. The summed E-state index contributed by atoms with van der Waals surface area (Å²) in [5, 5.41) is 7.08. The van der Waals surface area contributed by atoms with Gasteiger partial charge in [0.05, 0.1) is 17.0 Å². The first-order valence-corrected chi connectivity index (χ1v) is 8.21. The minimum atomic E-state index is -0.564. The van der Waals surface area contributed by atoms with Crippen LogP contribution in [-0.2, 0) is 11.8 Å². The van der Waals surface area contributed by atoms with Crippen molar-refractivity contribution in [1.82, 2.24) is 9.78 Å². The number of carbonyl (C=O) groups is 3. The van der Waals surface area contributed by atoms with Crippen molar-refractivity contribution >= 4 is 34.0 Å². The quantitative estimate of drug-likeness (QED) is 0.662. The third kappa shape index (κ3) is 3.38. The first-order valence-electron chi connectivity index (χ1n) is 7.39. The number of aromatic nitrogens is 2. The number of Topliss-reactive ketones (excluding diaryl/α,β-unsaturated/α-hetero) is 1. The van der Waals surface area contributed by atoms with Gasteiger partial charge in [-0.1, -0.05) is 0 Å². The molecule has 2 aromatic rings. The molecule has 8 heteroatoms. The molecule has 0 saturated heterocycles. The zero-order chi connectivity index (χ0) is 18.0. The number of aryl methyl sites for hydroxylation is 2. The lowest BCUT2D eigenvalue weighted by atomic mass is 10.1. The summed E-state index contributed by atoms with van der Waals surface area (Å²) in [6.45, 7) is 6.81. The summed E-state index contributed by atoms with van der Waals surface area (Å²) in [7, 11) is 1.74. The topological polar surface area (TPSA) is 90.3 Å². The van der Waals surface area contributed by atoms with E-state index < -0.39 is 11.9 Å². The van der Waals surface area contributed by atoms with E-state index in [1.165, 1.54) is 6.92 Å². The Balaban J connectivity index is 2.41. The zero-order valence-electron chi connectivity index (χ0n) is 14.2. The molecular weight excluding hydrogens is 330 g/mol. The predicted molar refractivity (Wildman–Crippen MR) is 90.9 cm³/mol. The fourth-order valence-corrected chi connectivity index (χ4v) is 3.31. The van der Waals surface area contributed by atoms with Gasteiger partial charge in [0.25, 0.3) is 5.91 Å². The van der Waals surface area contributed by atoms with E-state index in [4.69, 9.17) is 4.74 Å². The standard InChI is InChI=1S/C16H19N3O4S/c1-6-23-16(22)12-9(3)13(10(4)20)24-15(12)17-14(21)11-7-8(2)19(5)18-11/h7H,6H2,1-5H3,(H,17,21). The van der Waals surface area contributed by atoms with E-state index in [1.54, 1.807) is 31.6 Å². The normalized spacial score (nSPS) is 10.5. The molecule has 0 aliphatic heterocycles. The molecule has 0 atom stereocenters. The van der Waals surface area contributed by atoms with Crippen molar-refractivity contribution in [2.45, 2.75) is 27.7 Å². The van der Waals surface area contributed by atoms with Gasteiger partial charge in [0.1, 0.15) is 5.00 Å². The summed E-state index contributed by atoms with van der Waals surface area (Å²) in [6.07, 6.45) is 0. The maximum Gasteiger partial charge on any atom is 0.341 e. The number of ether oxygens (including phenoxy) is 1. The maximum absolute atomic E-state index is 12.4. The molecule has 1 N–H and O–H groups in total. The second kappa shape index (κ2) is 6.96. The average molecular weight is 349 g/mol. The van der Waals surface area contributed by atoms with Crippen molar-refractivity contribution < 1.29 is 19.1 Å². The lowest BCUT2D eigenvalue weighted by Crippen LogP contribution is -2.15. The van der Waals surface area contributed by atoms with E-state index in [-0.39, 0.29) is 23.6 Å². The van der Waals surface area contributed by atoms with Gasteiger partial charge in [-0.05, 0) is 39.3 Å². The van der Waals surface area contributed by atoms with E-state index in [9.17, 15) is 14.4 Å². The summed E-state index contributed by atoms with van der Waals surface area (Å²) < 4.78 is 6.62. The van der Waals surface area contributed by atoms with Crippen molar-refractivity contribution in [3.8, 4) is 0 Å². The third-order valence-corrected chi connectivity index (χ3v) is 4.83. The summed E-state index contributed by atoms with van der Waals surface area (Å²) >= 11 is 1.07. The molecule has 0 bridgehead atoms. The number of rotatable bonds is 5. The van der Waals surface area contributed by atoms with Crippen LogP contribution in [0.5, 0.6) is 0 Å². The Morgan fingerprint density at radius 3 is 2.50 bits per heavy atom. The zero-order valence-corrected chi connectivity index (χ0v) is 15.0. The molecule has 2 rings (SSSR count). The molecule has 0 spiro atoms. The van der Waals surface area contributed by atoms with Crippen LogP contribution in [0, 0.1) is 13.8 Å². The van der Waals surface area contributed by atoms with Crippen LogP contribution in [0.1, 0.15) is 55.6 Å². The van der Waals surface area contributed by atoms with Crippen molar-refractivity contribution in [3.63, 3.8) is 0 Å². The van der Waals surface area contributed by atoms with Gasteiger partial charge in [0.2, 0.25) is 0 Å². The van der Waals surface area contributed by atoms with Crippen LogP contribution < -0.4 is 5.32 Å². The highest BCUT2D eigenvalue weighted by molar-refractivity contribution is 7.18. The number of nitrogens with zero attached hydrogens (tertiary/aromatic N) is 2. The summed E-state index contributed by atoms with van der Waals surface area (Å²) in [6, 6.07) is 1.64. The Hall–Kier alpha value is -2.48. The van der Waals surface area contributed by atoms with Crippen LogP contribution in [-0.4, -0.2) is 34.0 Å². The lowest BCUT2D eigenvalue weighted by molar-refractivity contribution is 0.0527. The minimum absolute atomic E-state index is 0.169. The van der Waals surface area contributed by atoms with Gasteiger partial charge in [-0.15, -0.1) is 11.3 Å². The Bertz CT molecular complexity index is 800. The summed E-state index contributed by atoms with van der Waals surface area (Å²) in [4.78, 5) is 36.8. The molecule has 0 aromatic carbocycles. The third-order valence-electron chi connectivity index (χ3n) is 3.52. The highest BCUT2D eigenvalue weighted by Crippen LogP contribution is 2.34. The number of anilines is 1. The number of hydrogen-bond donors (Lipinski definition) is 1. The molecule has 7 nitrogen and oxygen atoms in total. The predicted octanol–water partition coefficient (Wildman–Crippen LogP) is 2.73. The summed E-state index contributed by atoms with van der Waals surface area (Å²) in [5.41, 5.74) is 1.80. The molecule has 2 heterocycles. The lowest BCUT2D eigenvalue weighted by Gasteiger charge is -2.06. The molecule has 0 fully saturated rings. The van der Waals surface area contributed by atoms with Crippen molar-refractivity contribution in [1.29, 1.82) is 0 Å². The number of esters is 1.